The van der Waals surface area contributed by atoms with Crippen LogP contribution in [0.1, 0.15) is 41.0 Å². The van der Waals surface area contributed by atoms with E-state index in [1.54, 1.807) is 4.90 Å². The molecule has 1 amide bonds. The fourth-order valence-corrected chi connectivity index (χ4v) is 2.34. The highest BCUT2D eigenvalue weighted by Gasteiger charge is 2.29. The Morgan fingerprint density at radius 2 is 1.95 bits per heavy atom. The van der Waals surface area contributed by atoms with Crippen molar-refractivity contribution >= 4 is 36.0 Å². The molecule has 1 heterocycles. The second-order valence-corrected chi connectivity index (χ2v) is 6.45. The second-order valence-electron chi connectivity index (χ2n) is 6.45. The Morgan fingerprint density at radius 3 is 2.45 bits per heavy atom. The summed E-state index contributed by atoms with van der Waals surface area (Å²) >= 11 is 0. The van der Waals surface area contributed by atoms with Crippen LogP contribution < -0.4 is 5.73 Å². The number of rotatable bonds is 4. The van der Waals surface area contributed by atoms with Gasteiger partial charge in [0.25, 0.3) is 0 Å². The van der Waals surface area contributed by atoms with Crippen molar-refractivity contribution in [3.8, 4) is 0 Å². The van der Waals surface area contributed by atoms with Gasteiger partial charge in [-0.2, -0.15) is 0 Å². The van der Waals surface area contributed by atoms with Crippen molar-refractivity contribution in [3.05, 3.63) is 0 Å². The van der Waals surface area contributed by atoms with Crippen molar-refractivity contribution < 1.29 is 9.53 Å². The molecule has 0 radical (unpaired) electrons. The first kappa shape index (κ1) is 21.3. The molecule has 1 unspecified atom stereocenters. The van der Waals surface area contributed by atoms with Gasteiger partial charge in [0.05, 0.1) is 0 Å². The molecule has 0 aliphatic carbocycles. The summed E-state index contributed by atoms with van der Waals surface area (Å²) < 4.78 is 5.39. The maximum Gasteiger partial charge on any atom is 0.410 e. The van der Waals surface area contributed by atoms with Crippen LogP contribution in [-0.4, -0.2) is 60.2 Å². The molecule has 1 saturated heterocycles. The first-order chi connectivity index (χ1) is 9.76. The van der Waals surface area contributed by atoms with Crippen molar-refractivity contribution in [1.29, 1.82) is 0 Å². The van der Waals surface area contributed by atoms with E-state index in [-0.39, 0.29) is 30.1 Å². The number of nitrogens with two attached hydrogens (primary N) is 1. The predicted octanol–water partition coefficient (Wildman–Crippen LogP) is 2.52. The fraction of sp³-hybridized carbons (Fsp3) is 0.867. The molecule has 0 spiro atoms. The number of likely N-dealkylation sites (tertiary alicyclic amines) is 1. The Kier molecular flexibility index (Phi) is 9.11. The minimum atomic E-state index is -0.444. The molecule has 22 heavy (non-hydrogen) atoms. The van der Waals surface area contributed by atoms with Gasteiger partial charge >= 0.3 is 6.09 Å². The van der Waals surface area contributed by atoms with Gasteiger partial charge in [-0.1, -0.05) is 0 Å². The quantitative estimate of drug-likeness (QED) is 0.426. The zero-order chi connectivity index (χ0) is 16.0. The molecule has 0 aromatic heterocycles. The molecule has 7 heteroatoms. The van der Waals surface area contributed by atoms with Gasteiger partial charge in [0.1, 0.15) is 5.60 Å². The Bertz CT molecular complexity index is 378. The zero-order valence-corrected chi connectivity index (χ0v) is 16.8. The molecule has 1 atom stereocenters. The third-order valence-corrected chi connectivity index (χ3v) is 3.54. The van der Waals surface area contributed by atoms with Crippen LogP contribution in [0.5, 0.6) is 0 Å². The molecule has 0 aromatic carbocycles. The largest absolute Gasteiger partial charge is 0.444 e. The topological polar surface area (TPSA) is 71.2 Å². The average molecular weight is 426 g/mol. The smallest absolute Gasteiger partial charge is 0.410 e. The molecular formula is C15H31IN4O2. The van der Waals surface area contributed by atoms with Crippen LogP contribution in [-0.2, 0) is 4.74 Å². The van der Waals surface area contributed by atoms with Gasteiger partial charge in [-0.05, 0) is 47.0 Å². The minimum Gasteiger partial charge on any atom is -0.444 e. The van der Waals surface area contributed by atoms with Gasteiger partial charge in [-0.15, -0.1) is 24.0 Å². The lowest BCUT2D eigenvalue weighted by Crippen LogP contribution is -2.37. The van der Waals surface area contributed by atoms with E-state index in [4.69, 9.17) is 10.5 Å². The summed E-state index contributed by atoms with van der Waals surface area (Å²) in [4.78, 5) is 20.2. The van der Waals surface area contributed by atoms with Crippen LogP contribution >= 0.6 is 24.0 Å². The first-order valence-corrected chi connectivity index (χ1v) is 7.79. The maximum atomic E-state index is 12.0. The van der Waals surface area contributed by atoms with E-state index < -0.39 is 5.60 Å². The molecule has 2 N–H and O–H groups in total. The SMILES string of the molecule is CCN(CC)C(N)=NCC1CCN(C(=O)OC(C)(C)C)C1.I. The minimum absolute atomic E-state index is 0. The fourth-order valence-electron chi connectivity index (χ4n) is 2.34. The van der Waals surface area contributed by atoms with E-state index in [0.717, 1.165) is 26.1 Å². The Labute approximate surface area is 151 Å². The number of aliphatic imine (C=N–C) groups is 1. The number of amides is 1. The number of hydrogen-bond donors (Lipinski definition) is 1. The van der Waals surface area contributed by atoms with E-state index in [2.05, 4.69) is 18.8 Å². The van der Waals surface area contributed by atoms with E-state index in [0.29, 0.717) is 25.0 Å². The lowest BCUT2D eigenvalue weighted by Gasteiger charge is -2.24. The van der Waals surface area contributed by atoms with E-state index in [9.17, 15) is 4.79 Å². The van der Waals surface area contributed by atoms with Gasteiger partial charge in [0, 0.05) is 32.7 Å². The van der Waals surface area contributed by atoms with Crippen molar-refractivity contribution in [3.63, 3.8) is 0 Å². The van der Waals surface area contributed by atoms with E-state index in [1.807, 2.05) is 25.7 Å². The van der Waals surface area contributed by atoms with Gasteiger partial charge in [0.15, 0.2) is 5.96 Å². The number of hydrogen-bond acceptors (Lipinski definition) is 3. The summed E-state index contributed by atoms with van der Waals surface area (Å²) in [6, 6.07) is 0. The van der Waals surface area contributed by atoms with E-state index in [1.165, 1.54) is 0 Å². The highest BCUT2D eigenvalue weighted by Crippen LogP contribution is 2.19. The Hall–Kier alpha value is -0.730. The summed E-state index contributed by atoms with van der Waals surface area (Å²) in [7, 11) is 0. The Morgan fingerprint density at radius 1 is 1.36 bits per heavy atom. The van der Waals surface area contributed by atoms with Crippen molar-refractivity contribution in [2.24, 2.45) is 16.6 Å². The van der Waals surface area contributed by atoms with Gasteiger partial charge in [-0.25, -0.2) is 4.79 Å². The van der Waals surface area contributed by atoms with Crippen LogP contribution in [0.4, 0.5) is 4.79 Å². The normalized spacial score (nSPS) is 18.9. The highest BCUT2D eigenvalue weighted by molar-refractivity contribution is 14.0. The molecular weight excluding hydrogens is 395 g/mol. The molecule has 1 rings (SSSR count). The van der Waals surface area contributed by atoms with Crippen molar-refractivity contribution in [2.75, 3.05) is 32.7 Å². The Balaban J connectivity index is 0.00000441. The van der Waals surface area contributed by atoms with Crippen LogP contribution in [0.3, 0.4) is 0 Å². The number of ether oxygens (including phenoxy) is 1. The molecule has 1 fully saturated rings. The summed E-state index contributed by atoms with van der Waals surface area (Å²) in [5, 5.41) is 0. The maximum absolute atomic E-state index is 12.0. The monoisotopic (exact) mass is 426 g/mol. The molecule has 0 saturated carbocycles. The van der Waals surface area contributed by atoms with Crippen LogP contribution in [0.15, 0.2) is 4.99 Å². The molecule has 0 bridgehead atoms. The summed E-state index contributed by atoms with van der Waals surface area (Å²) in [5.41, 5.74) is 5.52. The van der Waals surface area contributed by atoms with Crippen LogP contribution in [0.25, 0.3) is 0 Å². The van der Waals surface area contributed by atoms with Gasteiger partial charge in [0.2, 0.25) is 0 Å². The van der Waals surface area contributed by atoms with Gasteiger partial charge in [-0.3, -0.25) is 4.99 Å². The third kappa shape index (κ3) is 7.02. The summed E-state index contributed by atoms with van der Waals surface area (Å²) in [6.07, 6.45) is 0.722. The lowest BCUT2D eigenvalue weighted by atomic mass is 10.1. The number of nitrogens with zero attached hydrogens (tertiary/aromatic N) is 3. The average Bonchev–Trinajstić information content (AvgIpc) is 2.84. The number of halogens is 1. The standard InChI is InChI=1S/C15H30N4O2.HI/c1-6-18(7-2)13(16)17-10-12-8-9-19(11-12)14(20)21-15(3,4)5;/h12H,6-11H2,1-5H3,(H2,16,17);1H. The molecule has 130 valence electrons. The molecule has 1 aliphatic heterocycles. The van der Waals surface area contributed by atoms with Crippen molar-refractivity contribution in [1.82, 2.24) is 9.80 Å². The first-order valence-electron chi connectivity index (χ1n) is 7.79. The summed E-state index contributed by atoms with van der Waals surface area (Å²) in [5.74, 6) is 0.961. The number of guanidine groups is 1. The summed E-state index contributed by atoms with van der Waals surface area (Å²) in [6.45, 7) is 13.6. The second kappa shape index (κ2) is 9.42. The van der Waals surface area contributed by atoms with Crippen LogP contribution in [0.2, 0.25) is 0 Å². The predicted molar refractivity (Wildman–Crippen MR) is 101 cm³/mol. The number of carbonyl (C=O) groups is 1. The van der Waals surface area contributed by atoms with Crippen molar-refractivity contribution in [2.45, 2.75) is 46.6 Å². The molecule has 0 aromatic rings. The molecule has 1 aliphatic rings. The zero-order valence-electron chi connectivity index (χ0n) is 14.5. The highest BCUT2D eigenvalue weighted by atomic mass is 127. The third-order valence-electron chi connectivity index (χ3n) is 3.54. The van der Waals surface area contributed by atoms with Gasteiger partial charge < -0.3 is 20.3 Å². The lowest BCUT2D eigenvalue weighted by molar-refractivity contribution is 0.0289. The number of carbonyl (C=O) groups excluding carboxylic acids is 1. The van der Waals surface area contributed by atoms with E-state index >= 15 is 0 Å². The molecule has 6 nitrogen and oxygen atoms in total. The van der Waals surface area contributed by atoms with Crippen LogP contribution in [0, 0.1) is 5.92 Å².